The maximum absolute atomic E-state index is 11.8. The molecule has 104 valence electrons. The topological polar surface area (TPSA) is 26.3 Å². The molecule has 2 unspecified atom stereocenters. The third-order valence-electron chi connectivity index (χ3n) is 4.52. The molecule has 2 atom stereocenters. The molecule has 0 amide bonds. The zero-order chi connectivity index (χ0) is 14.4. The summed E-state index contributed by atoms with van der Waals surface area (Å²) in [4.78, 5) is 11.8. The number of allylic oxidation sites excluding steroid dienone is 3. The van der Waals surface area contributed by atoms with E-state index in [4.69, 9.17) is 4.74 Å². The molecule has 19 heavy (non-hydrogen) atoms. The Kier molecular flexibility index (Phi) is 3.46. The number of carbonyl (C=O) groups is 1. The van der Waals surface area contributed by atoms with Crippen LogP contribution in [0, 0.1) is 11.8 Å². The van der Waals surface area contributed by atoms with Gasteiger partial charge < -0.3 is 4.74 Å². The third kappa shape index (κ3) is 2.41. The maximum atomic E-state index is 11.8. The molecule has 0 aromatic carbocycles. The van der Waals surface area contributed by atoms with Crippen LogP contribution in [-0.2, 0) is 9.53 Å². The van der Waals surface area contributed by atoms with Gasteiger partial charge in [-0.05, 0) is 52.0 Å². The highest BCUT2D eigenvalue weighted by Gasteiger charge is 2.40. The normalized spacial score (nSPS) is 26.3. The van der Waals surface area contributed by atoms with Crippen molar-refractivity contribution in [3.8, 4) is 0 Å². The van der Waals surface area contributed by atoms with E-state index in [0.717, 1.165) is 12.3 Å². The molecule has 2 rings (SSSR count). The molecular weight excluding hydrogens is 236 g/mol. The molecule has 0 radical (unpaired) electrons. The molecule has 0 heterocycles. The van der Waals surface area contributed by atoms with Gasteiger partial charge in [0.15, 0.2) is 0 Å². The number of fused-ring (bicyclic) bond motifs is 1. The van der Waals surface area contributed by atoms with Gasteiger partial charge in [-0.15, -0.1) is 0 Å². The van der Waals surface area contributed by atoms with Gasteiger partial charge in [0.1, 0.15) is 5.60 Å². The van der Waals surface area contributed by atoms with Crippen LogP contribution in [0.5, 0.6) is 0 Å². The fourth-order valence-corrected chi connectivity index (χ4v) is 3.27. The fraction of sp³-hybridized carbons (Fsp3) is 0.588. The van der Waals surface area contributed by atoms with Crippen molar-refractivity contribution in [3.63, 3.8) is 0 Å². The van der Waals surface area contributed by atoms with Gasteiger partial charge in [-0.1, -0.05) is 30.7 Å². The first kappa shape index (κ1) is 14.1. The lowest BCUT2D eigenvalue weighted by Crippen LogP contribution is -2.37. The zero-order valence-corrected chi connectivity index (χ0v) is 12.7. The smallest absolute Gasteiger partial charge is 0.333 e. The predicted octanol–water partition coefficient (Wildman–Crippen LogP) is 4.19. The monoisotopic (exact) mass is 260 g/mol. The molecule has 2 aliphatic rings. The van der Waals surface area contributed by atoms with Gasteiger partial charge in [0.2, 0.25) is 0 Å². The molecule has 0 bridgehead atoms. The predicted molar refractivity (Wildman–Crippen MR) is 77.7 cm³/mol. The second-order valence-electron chi connectivity index (χ2n) is 6.44. The van der Waals surface area contributed by atoms with Crippen LogP contribution >= 0.6 is 0 Å². The minimum Gasteiger partial charge on any atom is -0.452 e. The van der Waals surface area contributed by atoms with Crippen LogP contribution in [0.25, 0.3) is 0 Å². The summed E-state index contributed by atoms with van der Waals surface area (Å²) in [6.45, 7) is 13.8. The van der Waals surface area contributed by atoms with Crippen molar-refractivity contribution in [3.05, 3.63) is 34.9 Å². The summed E-state index contributed by atoms with van der Waals surface area (Å²) in [5, 5.41) is 0. The minimum absolute atomic E-state index is 0.304. The molecule has 2 heteroatoms. The molecule has 1 saturated carbocycles. The summed E-state index contributed by atoms with van der Waals surface area (Å²) < 4.78 is 5.62. The summed E-state index contributed by atoms with van der Waals surface area (Å²) in [5.41, 5.74) is 4.14. The zero-order valence-electron chi connectivity index (χ0n) is 12.7. The fourth-order valence-electron chi connectivity index (χ4n) is 3.27. The Morgan fingerprint density at radius 1 is 1.47 bits per heavy atom. The van der Waals surface area contributed by atoms with Crippen LogP contribution in [-0.4, -0.2) is 11.6 Å². The van der Waals surface area contributed by atoms with Gasteiger partial charge in [-0.25, -0.2) is 4.79 Å². The lowest BCUT2D eigenvalue weighted by molar-refractivity contribution is -0.148. The molecule has 1 fully saturated rings. The highest BCUT2D eigenvalue weighted by atomic mass is 16.6. The Morgan fingerprint density at radius 2 is 2.11 bits per heavy atom. The molecular formula is C17H24O2. The van der Waals surface area contributed by atoms with E-state index < -0.39 is 5.60 Å². The Bertz CT molecular complexity index is 491. The van der Waals surface area contributed by atoms with Crippen molar-refractivity contribution in [1.29, 1.82) is 0 Å². The Labute approximate surface area is 116 Å². The molecule has 0 N–H and O–H groups in total. The lowest BCUT2D eigenvalue weighted by Gasteiger charge is -2.44. The van der Waals surface area contributed by atoms with Crippen LogP contribution in [0.3, 0.4) is 0 Å². The van der Waals surface area contributed by atoms with Crippen molar-refractivity contribution < 1.29 is 9.53 Å². The second kappa shape index (κ2) is 4.66. The highest BCUT2D eigenvalue weighted by molar-refractivity contribution is 5.87. The summed E-state index contributed by atoms with van der Waals surface area (Å²) in [7, 11) is 0. The molecule has 2 nitrogen and oxygen atoms in total. The summed E-state index contributed by atoms with van der Waals surface area (Å²) >= 11 is 0. The van der Waals surface area contributed by atoms with E-state index in [1.54, 1.807) is 12.5 Å². The van der Waals surface area contributed by atoms with Gasteiger partial charge in [0, 0.05) is 11.5 Å². The summed E-state index contributed by atoms with van der Waals surface area (Å²) in [6, 6.07) is 0. The van der Waals surface area contributed by atoms with Crippen molar-refractivity contribution in [2.45, 2.75) is 53.1 Å². The number of carbonyl (C=O) groups excluding carboxylic acids is 1. The number of esters is 1. The number of ether oxygens (including phenoxy) is 1. The second-order valence-corrected chi connectivity index (χ2v) is 6.44. The number of hydrogen-bond acceptors (Lipinski definition) is 2. The molecule has 0 aromatic heterocycles. The van der Waals surface area contributed by atoms with E-state index >= 15 is 0 Å². The van der Waals surface area contributed by atoms with Crippen LogP contribution in [0.2, 0.25) is 0 Å². The van der Waals surface area contributed by atoms with Crippen molar-refractivity contribution in [1.82, 2.24) is 0 Å². The quantitative estimate of drug-likeness (QED) is 0.432. The Balaban J connectivity index is 2.20. The minimum atomic E-state index is -0.541. The number of hydrogen-bond donors (Lipinski definition) is 0. The molecule has 0 aromatic rings. The van der Waals surface area contributed by atoms with E-state index in [-0.39, 0.29) is 5.97 Å². The first-order chi connectivity index (χ1) is 8.74. The molecule has 0 aliphatic heterocycles. The Hall–Kier alpha value is -1.31. The molecule has 0 spiro atoms. The summed E-state index contributed by atoms with van der Waals surface area (Å²) in [5.74, 6) is 1.01. The number of rotatable bonds is 3. The van der Waals surface area contributed by atoms with E-state index in [0.29, 0.717) is 11.5 Å². The lowest BCUT2D eigenvalue weighted by atomic mass is 9.62. The van der Waals surface area contributed by atoms with Crippen molar-refractivity contribution in [2.75, 3.05) is 0 Å². The van der Waals surface area contributed by atoms with Crippen LogP contribution in [0.1, 0.15) is 47.5 Å². The van der Waals surface area contributed by atoms with Crippen LogP contribution < -0.4 is 0 Å². The largest absolute Gasteiger partial charge is 0.452 e. The van der Waals surface area contributed by atoms with Gasteiger partial charge in [0.05, 0.1) is 0 Å². The summed E-state index contributed by atoms with van der Waals surface area (Å²) in [6.07, 6.45) is 4.46. The van der Waals surface area contributed by atoms with E-state index in [2.05, 4.69) is 26.5 Å². The van der Waals surface area contributed by atoms with Crippen LogP contribution in [0.4, 0.5) is 0 Å². The van der Waals surface area contributed by atoms with Crippen LogP contribution in [0.15, 0.2) is 34.9 Å². The van der Waals surface area contributed by atoms with E-state index in [1.165, 1.54) is 17.6 Å². The van der Waals surface area contributed by atoms with E-state index in [1.807, 2.05) is 13.8 Å². The van der Waals surface area contributed by atoms with Crippen molar-refractivity contribution >= 4 is 5.97 Å². The maximum Gasteiger partial charge on any atom is 0.333 e. The SMILES string of the molecule is C=C(C)C(=O)OC(C)(C)C1=C(C)C2CC(C)C2=CC1. The van der Waals surface area contributed by atoms with Gasteiger partial charge in [-0.3, -0.25) is 0 Å². The molecule has 2 aliphatic carbocycles. The van der Waals surface area contributed by atoms with E-state index in [9.17, 15) is 4.79 Å². The average Bonchev–Trinajstić information content (AvgIpc) is 2.28. The molecule has 0 saturated heterocycles. The first-order valence-electron chi connectivity index (χ1n) is 7.03. The van der Waals surface area contributed by atoms with Gasteiger partial charge in [0.25, 0.3) is 0 Å². The average molecular weight is 260 g/mol. The Morgan fingerprint density at radius 3 is 2.63 bits per heavy atom. The van der Waals surface area contributed by atoms with Crippen molar-refractivity contribution in [2.24, 2.45) is 11.8 Å². The first-order valence-corrected chi connectivity index (χ1v) is 7.03. The standard InChI is InChI=1S/C17H24O2/c1-10(2)16(18)19-17(5,6)15-8-7-13-11(3)9-14(13)12(15)4/h7,11,14H,1,8-9H2,2-6H3. The van der Waals surface area contributed by atoms with Gasteiger partial charge >= 0.3 is 5.97 Å². The third-order valence-corrected chi connectivity index (χ3v) is 4.52. The van der Waals surface area contributed by atoms with Gasteiger partial charge in [-0.2, -0.15) is 0 Å². The highest BCUT2D eigenvalue weighted by Crippen LogP contribution is 2.49.